The number of halogens is 2. The minimum atomic E-state index is 0.0983. The first-order valence-corrected chi connectivity index (χ1v) is 8.27. The monoisotopic (exact) mass is 326 g/mol. The van der Waals surface area contributed by atoms with Crippen molar-refractivity contribution in [1.82, 2.24) is 10.2 Å². The summed E-state index contributed by atoms with van der Waals surface area (Å²) in [5.41, 5.74) is 1.06. The van der Waals surface area contributed by atoms with Gasteiger partial charge in [-0.1, -0.05) is 29.3 Å². The summed E-state index contributed by atoms with van der Waals surface area (Å²) in [6, 6.07) is 5.92. The van der Waals surface area contributed by atoms with Gasteiger partial charge in [0.15, 0.2) is 0 Å². The SMILES string of the molecule is CNCC1CCCN1C(=O)C1CC1c1ccc(Cl)cc1Cl. The van der Waals surface area contributed by atoms with Gasteiger partial charge in [0, 0.05) is 35.1 Å². The third-order valence-electron chi connectivity index (χ3n) is 4.57. The number of likely N-dealkylation sites (N-methyl/N-ethyl adjacent to an activating group) is 1. The maximum atomic E-state index is 12.7. The van der Waals surface area contributed by atoms with E-state index in [-0.39, 0.29) is 11.8 Å². The highest BCUT2D eigenvalue weighted by molar-refractivity contribution is 6.35. The molecule has 5 heteroatoms. The highest BCUT2D eigenvalue weighted by Gasteiger charge is 2.48. The summed E-state index contributed by atoms with van der Waals surface area (Å²) < 4.78 is 0. The summed E-state index contributed by atoms with van der Waals surface area (Å²) in [6.07, 6.45) is 3.12. The average Bonchev–Trinajstić information content (AvgIpc) is 3.09. The van der Waals surface area contributed by atoms with Crippen LogP contribution in [0.4, 0.5) is 0 Å². The molecule has 1 N–H and O–H groups in total. The van der Waals surface area contributed by atoms with Crippen molar-refractivity contribution >= 4 is 29.1 Å². The average molecular weight is 327 g/mol. The number of nitrogens with zero attached hydrogens (tertiary/aromatic N) is 1. The molecule has 2 fully saturated rings. The number of carbonyl (C=O) groups excluding carboxylic acids is 1. The Balaban J connectivity index is 1.68. The van der Waals surface area contributed by atoms with Crippen molar-refractivity contribution in [2.45, 2.75) is 31.2 Å². The van der Waals surface area contributed by atoms with E-state index in [1.807, 2.05) is 19.2 Å². The number of amides is 1. The molecule has 1 aliphatic carbocycles. The van der Waals surface area contributed by atoms with Gasteiger partial charge >= 0.3 is 0 Å². The fraction of sp³-hybridized carbons (Fsp3) is 0.562. The first-order chi connectivity index (χ1) is 10.1. The van der Waals surface area contributed by atoms with E-state index in [4.69, 9.17) is 23.2 Å². The van der Waals surface area contributed by atoms with Crippen LogP contribution in [-0.2, 0) is 4.79 Å². The van der Waals surface area contributed by atoms with Crippen molar-refractivity contribution in [3.8, 4) is 0 Å². The summed E-state index contributed by atoms with van der Waals surface area (Å²) in [7, 11) is 1.94. The number of hydrogen-bond donors (Lipinski definition) is 1. The lowest BCUT2D eigenvalue weighted by molar-refractivity contribution is -0.133. The lowest BCUT2D eigenvalue weighted by Gasteiger charge is -2.24. The Morgan fingerprint density at radius 2 is 2.24 bits per heavy atom. The smallest absolute Gasteiger partial charge is 0.226 e. The Bertz CT molecular complexity index is 549. The molecular formula is C16H20Cl2N2O. The van der Waals surface area contributed by atoms with Crippen molar-refractivity contribution < 1.29 is 4.79 Å². The number of likely N-dealkylation sites (tertiary alicyclic amines) is 1. The highest BCUT2D eigenvalue weighted by atomic mass is 35.5. The van der Waals surface area contributed by atoms with Gasteiger partial charge in [-0.2, -0.15) is 0 Å². The summed E-state index contributed by atoms with van der Waals surface area (Å²) in [5.74, 6) is 0.656. The second-order valence-corrected chi connectivity index (χ2v) is 6.84. The predicted molar refractivity (Wildman–Crippen MR) is 86.0 cm³/mol. The van der Waals surface area contributed by atoms with Gasteiger partial charge in [0.25, 0.3) is 0 Å². The van der Waals surface area contributed by atoms with Crippen LogP contribution in [0.2, 0.25) is 10.0 Å². The van der Waals surface area contributed by atoms with E-state index in [2.05, 4.69) is 10.2 Å². The van der Waals surface area contributed by atoms with Gasteiger partial charge < -0.3 is 10.2 Å². The molecule has 0 aromatic heterocycles. The Labute approximate surface area is 135 Å². The number of nitrogens with one attached hydrogen (secondary N) is 1. The molecule has 3 rings (SSSR count). The molecule has 0 radical (unpaired) electrons. The van der Waals surface area contributed by atoms with Crippen LogP contribution in [0, 0.1) is 5.92 Å². The van der Waals surface area contributed by atoms with Crippen LogP contribution in [0.25, 0.3) is 0 Å². The van der Waals surface area contributed by atoms with E-state index in [0.717, 1.165) is 37.9 Å². The predicted octanol–water partition coefficient (Wildman–Crippen LogP) is 3.31. The first-order valence-electron chi connectivity index (χ1n) is 7.52. The maximum absolute atomic E-state index is 12.7. The lowest BCUT2D eigenvalue weighted by atomic mass is 10.1. The largest absolute Gasteiger partial charge is 0.338 e. The van der Waals surface area contributed by atoms with Crippen molar-refractivity contribution in [3.05, 3.63) is 33.8 Å². The van der Waals surface area contributed by atoms with Crippen LogP contribution in [-0.4, -0.2) is 37.0 Å². The Kier molecular flexibility index (Phi) is 4.43. The molecule has 1 aromatic rings. The standard InChI is InChI=1S/C16H20Cl2N2O/c1-19-9-11-3-2-6-20(11)16(21)14-8-13(14)12-5-4-10(17)7-15(12)18/h4-5,7,11,13-14,19H,2-3,6,8-9H2,1H3. The van der Waals surface area contributed by atoms with Crippen LogP contribution < -0.4 is 5.32 Å². The van der Waals surface area contributed by atoms with Crippen LogP contribution in [0.5, 0.6) is 0 Å². The lowest BCUT2D eigenvalue weighted by Crippen LogP contribution is -2.41. The van der Waals surface area contributed by atoms with E-state index < -0.39 is 0 Å². The molecule has 3 atom stereocenters. The Hall–Kier alpha value is -0.770. The van der Waals surface area contributed by atoms with Gasteiger partial charge in [-0.25, -0.2) is 0 Å². The molecule has 0 bridgehead atoms. The minimum absolute atomic E-state index is 0.0983. The first kappa shape index (κ1) is 15.1. The summed E-state index contributed by atoms with van der Waals surface area (Å²) >= 11 is 12.2. The van der Waals surface area contributed by atoms with Crippen LogP contribution in [0.1, 0.15) is 30.7 Å². The fourth-order valence-corrected chi connectivity index (χ4v) is 3.95. The normalized spacial score (nSPS) is 28.0. The van der Waals surface area contributed by atoms with Crippen molar-refractivity contribution in [2.75, 3.05) is 20.1 Å². The molecule has 114 valence electrons. The number of benzene rings is 1. The van der Waals surface area contributed by atoms with E-state index in [9.17, 15) is 4.79 Å². The number of hydrogen-bond acceptors (Lipinski definition) is 2. The topological polar surface area (TPSA) is 32.3 Å². The second-order valence-electron chi connectivity index (χ2n) is 6.00. The van der Waals surface area contributed by atoms with Crippen LogP contribution in [0.15, 0.2) is 18.2 Å². The van der Waals surface area contributed by atoms with Gasteiger partial charge in [-0.15, -0.1) is 0 Å². The van der Waals surface area contributed by atoms with E-state index >= 15 is 0 Å². The van der Waals surface area contributed by atoms with Gasteiger partial charge in [0.2, 0.25) is 5.91 Å². The molecule has 1 saturated heterocycles. The number of rotatable bonds is 4. The zero-order chi connectivity index (χ0) is 15.0. The van der Waals surface area contributed by atoms with E-state index in [1.54, 1.807) is 6.07 Å². The van der Waals surface area contributed by atoms with Gasteiger partial charge in [-0.3, -0.25) is 4.79 Å². The second kappa shape index (κ2) is 6.15. The van der Waals surface area contributed by atoms with Crippen molar-refractivity contribution in [3.63, 3.8) is 0 Å². The zero-order valence-corrected chi connectivity index (χ0v) is 13.6. The summed E-state index contributed by atoms with van der Waals surface area (Å²) in [4.78, 5) is 14.7. The zero-order valence-electron chi connectivity index (χ0n) is 12.1. The van der Waals surface area contributed by atoms with Crippen LogP contribution >= 0.6 is 23.2 Å². The molecule has 1 heterocycles. The quantitative estimate of drug-likeness (QED) is 0.920. The van der Waals surface area contributed by atoms with Gasteiger partial charge in [0.05, 0.1) is 0 Å². The summed E-state index contributed by atoms with van der Waals surface area (Å²) in [6.45, 7) is 1.77. The van der Waals surface area contributed by atoms with E-state index in [0.29, 0.717) is 22.0 Å². The highest BCUT2D eigenvalue weighted by Crippen LogP contribution is 2.51. The molecule has 2 aliphatic rings. The minimum Gasteiger partial charge on any atom is -0.338 e. The maximum Gasteiger partial charge on any atom is 0.226 e. The third-order valence-corrected chi connectivity index (χ3v) is 5.13. The molecule has 3 unspecified atom stereocenters. The van der Waals surface area contributed by atoms with Gasteiger partial charge in [-0.05, 0) is 49.9 Å². The molecule has 1 aliphatic heterocycles. The fourth-order valence-electron chi connectivity index (χ4n) is 3.40. The Morgan fingerprint density at radius 3 is 2.95 bits per heavy atom. The van der Waals surface area contributed by atoms with Crippen molar-refractivity contribution in [1.29, 1.82) is 0 Å². The molecule has 1 aromatic carbocycles. The Morgan fingerprint density at radius 1 is 1.43 bits per heavy atom. The molecule has 3 nitrogen and oxygen atoms in total. The molecular weight excluding hydrogens is 307 g/mol. The van der Waals surface area contributed by atoms with Gasteiger partial charge in [0.1, 0.15) is 0 Å². The van der Waals surface area contributed by atoms with Crippen LogP contribution in [0.3, 0.4) is 0 Å². The number of carbonyl (C=O) groups is 1. The summed E-state index contributed by atoms with van der Waals surface area (Å²) in [5, 5.41) is 4.50. The van der Waals surface area contributed by atoms with Crippen molar-refractivity contribution in [2.24, 2.45) is 5.92 Å². The third kappa shape index (κ3) is 3.05. The molecule has 0 spiro atoms. The molecule has 1 amide bonds. The van der Waals surface area contributed by atoms with E-state index in [1.165, 1.54) is 0 Å². The molecule has 21 heavy (non-hydrogen) atoms. The molecule has 1 saturated carbocycles.